The molecule has 0 amide bonds. The molecular weight excluding hydrogens is 228 g/mol. The first-order valence-corrected chi connectivity index (χ1v) is 5.37. The number of halogens is 1. The molecular formula is C10H9ClN4O. The number of nitrogens with zero attached hydrogens (tertiary/aromatic N) is 3. The van der Waals surface area contributed by atoms with Crippen LogP contribution in [-0.2, 0) is 0 Å². The third-order valence-corrected chi connectivity index (χ3v) is 3.02. The van der Waals surface area contributed by atoms with Crippen molar-refractivity contribution in [2.45, 2.75) is 18.9 Å². The molecule has 1 aliphatic rings. The van der Waals surface area contributed by atoms with Crippen molar-refractivity contribution in [3.05, 3.63) is 27.9 Å². The second-order valence-electron chi connectivity index (χ2n) is 3.91. The van der Waals surface area contributed by atoms with E-state index in [1.165, 1.54) is 6.33 Å². The Morgan fingerprint density at radius 3 is 2.88 bits per heavy atom. The number of anilines is 1. The van der Waals surface area contributed by atoms with Crippen molar-refractivity contribution in [2.24, 2.45) is 0 Å². The minimum Gasteiger partial charge on any atom is -0.394 e. The summed E-state index contributed by atoms with van der Waals surface area (Å²) in [6.07, 6.45) is 3.33. The predicted molar refractivity (Wildman–Crippen MR) is 61.5 cm³/mol. The van der Waals surface area contributed by atoms with Crippen molar-refractivity contribution >= 4 is 28.3 Å². The molecule has 16 heavy (non-hydrogen) atoms. The minimum atomic E-state index is -0.190. The monoisotopic (exact) mass is 236 g/mol. The average Bonchev–Trinajstić information content (AvgIpc) is 3.06. The lowest BCUT2D eigenvalue weighted by atomic mass is 10.3. The van der Waals surface area contributed by atoms with Crippen molar-refractivity contribution in [3.8, 4) is 0 Å². The van der Waals surface area contributed by atoms with Crippen molar-refractivity contribution < 1.29 is 0 Å². The fraction of sp³-hybridized carbons (Fsp3) is 0.300. The van der Waals surface area contributed by atoms with E-state index >= 15 is 0 Å². The summed E-state index contributed by atoms with van der Waals surface area (Å²) in [5, 5.41) is 0.958. The second-order valence-corrected chi connectivity index (χ2v) is 4.27. The topological polar surface area (TPSA) is 73.8 Å². The van der Waals surface area contributed by atoms with Gasteiger partial charge in [-0.3, -0.25) is 9.36 Å². The summed E-state index contributed by atoms with van der Waals surface area (Å²) in [4.78, 5) is 19.9. The lowest BCUT2D eigenvalue weighted by molar-refractivity contribution is 0.731. The highest BCUT2D eigenvalue weighted by atomic mass is 35.5. The summed E-state index contributed by atoms with van der Waals surface area (Å²) in [5.41, 5.74) is 6.25. The largest absolute Gasteiger partial charge is 0.394 e. The van der Waals surface area contributed by atoms with Crippen molar-refractivity contribution in [3.63, 3.8) is 0 Å². The molecule has 0 unspecified atom stereocenters. The molecule has 1 aliphatic carbocycles. The summed E-state index contributed by atoms with van der Waals surface area (Å²) in [6, 6.07) is 1.75. The maximum atomic E-state index is 11.9. The highest BCUT2D eigenvalue weighted by Gasteiger charge is 2.27. The van der Waals surface area contributed by atoms with Gasteiger partial charge in [0.15, 0.2) is 0 Å². The molecule has 1 fully saturated rings. The Hall–Kier alpha value is -1.62. The normalized spacial score (nSPS) is 15.6. The van der Waals surface area contributed by atoms with Gasteiger partial charge in [0.2, 0.25) is 0 Å². The molecule has 2 N–H and O–H groups in total. The van der Waals surface area contributed by atoms with Gasteiger partial charge in [0, 0.05) is 6.04 Å². The zero-order valence-electron chi connectivity index (χ0n) is 8.35. The average molecular weight is 237 g/mol. The quantitative estimate of drug-likeness (QED) is 0.759. The number of nitrogen functional groups attached to an aromatic ring is 1. The first kappa shape index (κ1) is 9.59. The molecule has 6 heteroatoms. The number of hydrogen-bond acceptors (Lipinski definition) is 4. The summed E-state index contributed by atoms with van der Waals surface area (Å²) in [6.45, 7) is 0. The second kappa shape index (κ2) is 3.18. The number of pyridine rings is 1. The summed E-state index contributed by atoms with van der Waals surface area (Å²) in [5.74, 6) is 0. The zero-order chi connectivity index (χ0) is 11.3. The van der Waals surface area contributed by atoms with Crippen LogP contribution in [0.5, 0.6) is 0 Å². The maximum Gasteiger partial charge on any atom is 0.275 e. The first-order valence-electron chi connectivity index (χ1n) is 4.99. The Bertz CT molecular complexity index is 632. The van der Waals surface area contributed by atoms with Gasteiger partial charge in [-0.15, -0.1) is 0 Å². The zero-order valence-corrected chi connectivity index (χ0v) is 9.11. The van der Waals surface area contributed by atoms with Crippen LogP contribution in [-0.4, -0.2) is 14.5 Å². The van der Waals surface area contributed by atoms with Crippen LogP contribution in [0.3, 0.4) is 0 Å². The smallest absolute Gasteiger partial charge is 0.275 e. The highest BCUT2D eigenvalue weighted by Crippen LogP contribution is 2.36. The molecule has 0 aromatic carbocycles. The summed E-state index contributed by atoms with van der Waals surface area (Å²) >= 11 is 5.96. The third-order valence-electron chi connectivity index (χ3n) is 2.72. The standard InChI is InChI=1S/C10H9ClN4O/c11-8-6-3-7(12)10(16)15(5-1-2-5)9(6)14-4-13-8/h3-5H,1-2,12H2. The van der Waals surface area contributed by atoms with Gasteiger partial charge in [-0.05, 0) is 18.9 Å². The molecule has 0 aliphatic heterocycles. The molecule has 0 spiro atoms. The molecule has 82 valence electrons. The van der Waals surface area contributed by atoms with E-state index in [0.29, 0.717) is 16.2 Å². The van der Waals surface area contributed by atoms with E-state index in [-0.39, 0.29) is 17.3 Å². The van der Waals surface area contributed by atoms with E-state index in [1.807, 2.05) is 0 Å². The molecule has 2 heterocycles. The molecule has 2 aromatic heterocycles. The van der Waals surface area contributed by atoms with Gasteiger partial charge in [0.05, 0.1) is 11.1 Å². The van der Waals surface area contributed by atoms with Crippen LogP contribution in [0.2, 0.25) is 5.15 Å². The fourth-order valence-electron chi connectivity index (χ4n) is 1.81. The maximum absolute atomic E-state index is 11.9. The van der Waals surface area contributed by atoms with E-state index in [1.54, 1.807) is 10.6 Å². The number of fused-ring (bicyclic) bond motifs is 1. The van der Waals surface area contributed by atoms with Crippen molar-refractivity contribution in [1.29, 1.82) is 0 Å². The third kappa shape index (κ3) is 1.28. The molecule has 1 saturated carbocycles. The van der Waals surface area contributed by atoms with E-state index in [9.17, 15) is 4.79 Å². The van der Waals surface area contributed by atoms with Crippen LogP contribution >= 0.6 is 11.6 Å². The van der Waals surface area contributed by atoms with Gasteiger partial charge >= 0.3 is 0 Å². The Balaban J connectivity index is 2.48. The van der Waals surface area contributed by atoms with Crippen LogP contribution in [0.15, 0.2) is 17.2 Å². The van der Waals surface area contributed by atoms with Gasteiger partial charge in [0.1, 0.15) is 17.1 Å². The van der Waals surface area contributed by atoms with E-state index in [2.05, 4.69) is 9.97 Å². The molecule has 5 nitrogen and oxygen atoms in total. The molecule has 0 atom stereocenters. The lowest BCUT2D eigenvalue weighted by Crippen LogP contribution is -2.23. The molecule has 0 bridgehead atoms. The van der Waals surface area contributed by atoms with Crippen LogP contribution in [0, 0.1) is 0 Å². The lowest BCUT2D eigenvalue weighted by Gasteiger charge is -2.09. The fourth-order valence-corrected chi connectivity index (χ4v) is 1.99. The Morgan fingerprint density at radius 2 is 2.19 bits per heavy atom. The Labute approximate surface area is 95.9 Å². The summed E-state index contributed by atoms with van der Waals surface area (Å²) < 4.78 is 1.62. The number of hydrogen-bond donors (Lipinski definition) is 1. The van der Waals surface area contributed by atoms with Crippen LogP contribution in [0.1, 0.15) is 18.9 Å². The van der Waals surface area contributed by atoms with E-state index < -0.39 is 0 Å². The number of nitrogens with two attached hydrogens (primary N) is 1. The number of rotatable bonds is 1. The van der Waals surface area contributed by atoms with Gasteiger partial charge in [-0.25, -0.2) is 9.97 Å². The van der Waals surface area contributed by atoms with Crippen LogP contribution < -0.4 is 11.3 Å². The molecule has 3 rings (SSSR count). The Kier molecular flexibility index (Phi) is 1.91. The Morgan fingerprint density at radius 1 is 1.44 bits per heavy atom. The van der Waals surface area contributed by atoms with Gasteiger partial charge in [-0.1, -0.05) is 11.6 Å². The number of aromatic nitrogens is 3. The van der Waals surface area contributed by atoms with Gasteiger partial charge < -0.3 is 5.73 Å². The van der Waals surface area contributed by atoms with Crippen molar-refractivity contribution in [1.82, 2.24) is 14.5 Å². The van der Waals surface area contributed by atoms with Gasteiger partial charge in [0.25, 0.3) is 5.56 Å². The minimum absolute atomic E-state index is 0.190. The highest BCUT2D eigenvalue weighted by molar-refractivity contribution is 6.33. The van der Waals surface area contributed by atoms with Crippen LogP contribution in [0.25, 0.3) is 11.0 Å². The molecule has 0 radical (unpaired) electrons. The SMILES string of the molecule is Nc1cc2c(Cl)ncnc2n(C2CC2)c1=O. The first-order chi connectivity index (χ1) is 7.68. The van der Waals surface area contributed by atoms with E-state index in [4.69, 9.17) is 17.3 Å². The molecule has 0 saturated heterocycles. The summed E-state index contributed by atoms with van der Waals surface area (Å²) in [7, 11) is 0. The van der Waals surface area contributed by atoms with Gasteiger partial charge in [-0.2, -0.15) is 0 Å². The predicted octanol–water partition coefficient (Wildman–Crippen LogP) is 1.36. The molecule has 2 aromatic rings. The van der Waals surface area contributed by atoms with Crippen LogP contribution in [0.4, 0.5) is 5.69 Å². The van der Waals surface area contributed by atoms with Crippen molar-refractivity contribution in [2.75, 3.05) is 5.73 Å². The van der Waals surface area contributed by atoms with E-state index in [0.717, 1.165) is 12.8 Å².